The van der Waals surface area contributed by atoms with Crippen molar-refractivity contribution in [2.75, 3.05) is 0 Å². The molecule has 0 amide bonds. The van der Waals surface area contributed by atoms with E-state index in [1.807, 2.05) is 0 Å². The number of rotatable bonds is 8. The van der Waals surface area contributed by atoms with Gasteiger partial charge in [-0.05, 0) is 29.3 Å². The largest absolute Gasteiger partial charge is 0.772 e. The highest BCUT2D eigenvalue weighted by atomic mass is 32.2. The van der Waals surface area contributed by atoms with Crippen LogP contribution in [0.4, 0.5) is 0 Å². The third-order valence-electron chi connectivity index (χ3n) is 3.14. The Morgan fingerprint density at radius 1 is 0.917 bits per heavy atom. The summed E-state index contributed by atoms with van der Waals surface area (Å²) in [6.45, 7) is 0.218. The molecule has 9 heteroatoms. The summed E-state index contributed by atoms with van der Waals surface area (Å²) in [6, 6.07) is 11.6. The van der Waals surface area contributed by atoms with Gasteiger partial charge in [0.15, 0.2) is 0 Å². The van der Waals surface area contributed by atoms with Gasteiger partial charge >= 0.3 is 0 Å². The molecule has 0 aliphatic carbocycles. The Hall–Kier alpha value is -1.78. The maximum absolute atomic E-state index is 11.0. The molecule has 0 saturated heterocycles. The van der Waals surface area contributed by atoms with Crippen molar-refractivity contribution in [3.8, 4) is 11.5 Å². The fourth-order valence-electron chi connectivity index (χ4n) is 2.06. The van der Waals surface area contributed by atoms with Gasteiger partial charge in [0.1, 0.15) is 18.1 Å². The molecular weight excluding hydrogens is 354 g/mol. The zero-order valence-corrected chi connectivity index (χ0v) is 14.1. The molecule has 0 aliphatic heterocycles. The first-order valence-electron chi connectivity index (χ1n) is 6.80. The van der Waals surface area contributed by atoms with Crippen molar-refractivity contribution in [3.63, 3.8) is 0 Å². The van der Waals surface area contributed by atoms with Crippen molar-refractivity contribution in [3.05, 3.63) is 59.2 Å². The topological polar surface area (TPSA) is 125 Å². The Morgan fingerprint density at radius 3 is 2.12 bits per heavy atom. The average Bonchev–Trinajstić information content (AvgIpc) is 2.53. The second kappa shape index (κ2) is 8.90. The van der Waals surface area contributed by atoms with Crippen LogP contribution < -0.4 is 15.5 Å². The van der Waals surface area contributed by atoms with Gasteiger partial charge in [0.25, 0.3) is 0 Å². The SMILES string of the molecule is NOc1ccc(COc2ccc(CS(=O)[O-])cc2CS(=O)[O-])cc1. The highest BCUT2D eigenvalue weighted by molar-refractivity contribution is 7.78. The third-order valence-corrected chi connectivity index (χ3v) is 4.25. The predicted molar refractivity (Wildman–Crippen MR) is 87.3 cm³/mol. The molecule has 0 fully saturated rings. The average molecular weight is 369 g/mol. The van der Waals surface area contributed by atoms with Crippen LogP contribution in [0.25, 0.3) is 0 Å². The van der Waals surface area contributed by atoms with E-state index in [1.165, 1.54) is 6.07 Å². The number of hydrogen-bond acceptors (Lipinski definition) is 7. The maximum Gasteiger partial charge on any atom is 0.146 e. The van der Waals surface area contributed by atoms with Crippen LogP contribution in [-0.2, 0) is 40.3 Å². The highest BCUT2D eigenvalue weighted by Gasteiger charge is 2.07. The Labute approximate surface area is 144 Å². The standard InChI is InChI=1S/C15H17NO6S2/c16-22-14-4-1-11(2-5-14)8-21-15-6-3-12(9-23(17)18)7-13(15)10-24(19)20/h1-7H,8-10,16H2,(H,17,18)(H,19,20)/p-2. The van der Waals surface area contributed by atoms with Crippen molar-refractivity contribution in [1.29, 1.82) is 0 Å². The molecule has 0 heterocycles. The second-order valence-electron chi connectivity index (χ2n) is 4.89. The maximum atomic E-state index is 11.0. The van der Waals surface area contributed by atoms with Crippen molar-refractivity contribution < 1.29 is 27.1 Å². The van der Waals surface area contributed by atoms with Crippen LogP contribution in [0, 0.1) is 0 Å². The summed E-state index contributed by atoms with van der Waals surface area (Å²) in [7, 11) is 0. The van der Waals surface area contributed by atoms with E-state index in [-0.39, 0.29) is 18.1 Å². The van der Waals surface area contributed by atoms with Crippen LogP contribution in [0.15, 0.2) is 42.5 Å². The normalized spacial score (nSPS) is 13.3. The number of benzene rings is 2. The van der Waals surface area contributed by atoms with Crippen molar-refractivity contribution >= 4 is 22.2 Å². The molecule has 2 aromatic carbocycles. The molecule has 24 heavy (non-hydrogen) atoms. The molecule has 0 aromatic heterocycles. The van der Waals surface area contributed by atoms with Crippen LogP contribution in [0.3, 0.4) is 0 Å². The van der Waals surface area contributed by atoms with Crippen LogP contribution >= 0.6 is 0 Å². The van der Waals surface area contributed by atoms with E-state index in [1.54, 1.807) is 36.4 Å². The lowest BCUT2D eigenvalue weighted by Crippen LogP contribution is -2.04. The van der Waals surface area contributed by atoms with E-state index in [4.69, 9.17) is 10.6 Å². The molecule has 0 aliphatic rings. The number of ether oxygens (including phenoxy) is 1. The summed E-state index contributed by atoms with van der Waals surface area (Å²) in [6.07, 6.45) is 0. The lowest BCUT2D eigenvalue weighted by atomic mass is 10.1. The van der Waals surface area contributed by atoms with Crippen LogP contribution in [0.2, 0.25) is 0 Å². The number of hydrogen-bond donors (Lipinski definition) is 1. The molecular formula is C15H15NO6S2-2. The molecule has 2 atom stereocenters. The Kier molecular flexibility index (Phi) is 6.88. The molecule has 0 spiro atoms. The molecule has 2 rings (SSSR count). The van der Waals surface area contributed by atoms with Gasteiger partial charge in [0, 0.05) is 17.1 Å². The zero-order valence-electron chi connectivity index (χ0n) is 12.5. The minimum absolute atomic E-state index is 0.181. The second-order valence-corrected chi connectivity index (χ2v) is 6.68. The van der Waals surface area contributed by atoms with Gasteiger partial charge in [-0.3, -0.25) is 8.42 Å². The predicted octanol–water partition coefficient (Wildman–Crippen LogP) is 1.28. The third kappa shape index (κ3) is 5.69. The molecule has 0 radical (unpaired) electrons. The zero-order chi connectivity index (χ0) is 17.5. The van der Waals surface area contributed by atoms with Gasteiger partial charge in [-0.15, -0.1) is 0 Å². The summed E-state index contributed by atoms with van der Waals surface area (Å²) >= 11 is -4.56. The smallest absolute Gasteiger partial charge is 0.146 e. The highest BCUT2D eigenvalue weighted by Crippen LogP contribution is 2.24. The summed E-state index contributed by atoms with van der Waals surface area (Å²) in [4.78, 5) is 4.58. The quantitative estimate of drug-likeness (QED) is 0.549. The summed E-state index contributed by atoms with van der Waals surface area (Å²) in [5.74, 6) is 5.51. The fraction of sp³-hybridized carbons (Fsp3) is 0.200. The van der Waals surface area contributed by atoms with Gasteiger partial charge in [-0.2, -0.15) is 5.90 Å². The summed E-state index contributed by atoms with van der Waals surface area (Å²) < 4.78 is 49.2. The van der Waals surface area contributed by atoms with Crippen molar-refractivity contribution in [1.82, 2.24) is 0 Å². The Bertz CT molecular complexity index is 735. The first-order chi connectivity index (χ1) is 11.5. The Morgan fingerprint density at radius 2 is 1.54 bits per heavy atom. The van der Waals surface area contributed by atoms with E-state index < -0.39 is 22.2 Å². The molecule has 2 N–H and O–H groups in total. The molecule has 2 unspecified atom stereocenters. The van der Waals surface area contributed by atoms with Crippen LogP contribution in [0.5, 0.6) is 11.5 Å². The minimum Gasteiger partial charge on any atom is -0.772 e. The van der Waals surface area contributed by atoms with Gasteiger partial charge in [-0.25, -0.2) is 0 Å². The molecule has 2 aromatic rings. The summed E-state index contributed by atoms with van der Waals surface area (Å²) in [5, 5.41) is 0. The van der Waals surface area contributed by atoms with Gasteiger partial charge in [-0.1, -0.05) is 46.4 Å². The molecule has 130 valence electrons. The van der Waals surface area contributed by atoms with Crippen molar-refractivity contribution in [2.45, 2.75) is 18.1 Å². The summed E-state index contributed by atoms with van der Waals surface area (Å²) in [5.41, 5.74) is 1.75. The van der Waals surface area contributed by atoms with Crippen molar-refractivity contribution in [2.24, 2.45) is 5.90 Å². The van der Waals surface area contributed by atoms with E-state index in [0.717, 1.165) is 5.56 Å². The lowest BCUT2D eigenvalue weighted by molar-refractivity contribution is 0.302. The van der Waals surface area contributed by atoms with E-state index in [2.05, 4.69) is 4.84 Å². The minimum atomic E-state index is -2.31. The fourth-order valence-corrected chi connectivity index (χ4v) is 3.00. The van der Waals surface area contributed by atoms with E-state index in [9.17, 15) is 17.5 Å². The van der Waals surface area contributed by atoms with Crippen LogP contribution in [0.1, 0.15) is 16.7 Å². The van der Waals surface area contributed by atoms with Crippen LogP contribution in [-0.4, -0.2) is 17.5 Å². The van der Waals surface area contributed by atoms with Gasteiger partial charge in [0.2, 0.25) is 0 Å². The monoisotopic (exact) mass is 369 g/mol. The van der Waals surface area contributed by atoms with Gasteiger partial charge < -0.3 is 18.7 Å². The van der Waals surface area contributed by atoms with E-state index >= 15 is 0 Å². The number of nitrogens with two attached hydrogens (primary N) is 1. The lowest BCUT2D eigenvalue weighted by Gasteiger charge is -2.15. The first kappa shape index (κ1) is 18.6. The molecule has 0 bridgehead atoms. The first-order valence-corrected chi connectivity index (χ1v) is 9.28. The molecule has 0 saturated carbocycles. The van der Waals surface area contributed by atoms with Gasteiger partial charge in [0.05, 0.1) is 0 Å². The van der Waals surface area contributed by atoms with E-state index in [0.29, 0.717) is 22.6 Å². The Balaban J connectivity index is 2.14. The molecule has 7 nitrogen and oxygen atoms in total.